The molecule has 0 saturated heterocycles. The first-order valence-electron chi connectivity index (χ1n) is 9.29. The fourth-order valence-corrected chi connectivity index (χ4v) is 2.79. The Morgan fingerprint density at radius 3 is 2.37 bits per heavy atom. The minimum absolute atomic E-state index is 0.302. The maximum Gasteiger partial charge on any atom is 0.271 e. The number of rotatable bonds is 6. The Morgan fingerprint density at radius 2 is 1.73 bits per heavy atom. The van der Waals surface area contributed by atoms with E-state index >= 15 is 0 Å². The van der Waals surface area contributed by atoms with Gasteiger partial charge in [0.25, 0.3) is 5.91 Å². The van der Waals surface area contributed by atoms with E-state index in [1.165, 1.54) is 0 Å². The maximum atomic E-state index is 12.3. The molecule has 0 aromatic heterocycles. The van der Waals surface area contributed by atoms with Gasteiger partial charge in [-0.1, -0.05) is 35.9 Å². The zero-order chi connectivity index (χ0) is 21.5. The summed E-state index contributed by atoms with van der Waals surface area (Å²) >= 11 is 6.02. The van der Waals surface area contributed by atoms with Crippen LogP contribution in [-0.2, 0) is 6.61 Å². The van der Waals surface area contributed by atoms with Gasteiger partial charge in [0.05, 0.1) is 17.3 Å². The standard InChI is InChI=1S/C24H20ClN3O2/c1-16-13-22(11-12-23(16)25)30-15-19-5-9-21(10-6-19)24(29)28-27-17(2)20-7-3-18(14-26)4-8-20/h3-13H,15H2,1-2H3,(H,28,29). The topological polar surface area (TPSA) is 74.5 Å². The number of carbonyl (C=O) groups excluding carboxylic acids is 1. The summed E-state index contributed by atoms with van der Waals surface area (Å²) in [6.45, 7) is 4.10. The van der Waals surface area contributed by atoms with Crippen molar-refractivity contribution in [1.82, 2.24) is 5.43 Å². The van der Waals surface area contributed by atoms with E-state index in [0.717, 1.165) is 22.4 Å². The lowest BCUT2D eigenvalue weighted by Gasteiger charge is -2.08. The molecule has 3 aromatic rings. The number of hydrogen-bond donors (Lipinski definition) is 1. The summed E-state index contributed by atoms with van der Waals surface area (Å²) in [5, 5.41) is 13.7. The number of ether oxygens (including phenoxy) is 1. The molecule has 5 nitrogen and oxygen atoms in total. The SMILES string of the molecule is CC(=NNC(=O)c1ccc(COc2ccc(Cl)c(C)c2)cc1)c1ccc(C#N)cc1. The van der Waals surface area contributed by atoms with Crippen LogP contribution in [-0.4, -0.2) is 11.6 Å². The number of nitrogens with one attached hydrogen (secondary N) is 1. The van der Waals surface area contributed by atoms with Gasteiger partial charge >= 0.3 is 0 Å². The molecular weight excluding hydrogens is 398 g/mol. The van der Waals surface area contributed by atoms with Crippen LogP contribution in [0.1, 0.15) is 39.5 Å². The minimum atomic E-state index is -0.302. The van der Waals surface area contributed by atoms with E-state index in [1.54, 1.807) is 49.4 Å². The van der Waals surface area contributed by atoms with Crippen molar-refractivity contribution in [2.45, 2.75) is 20.5 Å². The number of hydrogen-bond acceptors (Lipinski definition) is 4. The summed E-state index contributed by atoms with van der Waals surface area (Å²) in [6.07, 6.45) is 0. The smallest absolute Gasteiger partial charge is 0.271 e. The van der Waals surface area contributed by atoms with Crippen LogP contribution in [0.25, 0.3) is 0 Å². The quantitative estimate of drug-likeness (QED) is 0.439. The van der Waals surface area contributed by atoms with Crippen LogP contribution >= 0.6 is 11.6 Å². The maximum absolute atomic E-state index is 12.3. The molecule has 0 bridgehead atoms. The van der Waals surface area contributed by atoms with Crippen molar-refractivity contribution in [3.63, 3.8) is 0 Å². The third-order valence-electron chi connectivity index (χ3n) is 4.51. The molecule has 30 heavy (non-hydrogen) atoms. The number of carbonyl (C=O) groups is 1. The zero-order valence-electron chi connectivity index (χ0n) is 16.6. The van der Waals surface area contributed by atoms with Gasteiger partial charge in [0.15, 0.2) is 0 Å². The molecule has 1 N–H and O–H groups in total. The number of benzene rings is 3. The van der Waals surface area contributed by atoms with Crippen molar-refractivity contribution in [3.05, 3.63) is 99.6 Å². The van der Waals surface area contributed by atoms with E-state index in [4.69, 9.17) is 21.6 Å². The van der Waals surface area contributed by atoms with Gasteiger partial charge in [0.1, 0.15) is 12.4 Å². The van der Waals surface area contributed by atoms with Crippen LogP contribution in [0, 0.1) is 18.3 Å². The third kappa shape index (κ3) is 5.47. The summed E-state index contributed by atoms with van der Waals surface area (Å²) in [4.78, 5) is 12.3. The lowest BCUT2D eigenvalue weighted by atomic mass is 10.1. The molecule has 3 aromatic carbocycles. The van der Waals surface area contributed by atoms with Crippen molar-refractivity contribution < 1.29 is 9.53 Å². The lowest BCUT2D eigenvalue weighted by Crippen LogP contribution is -2.19. The molecular formula is C24H20ClN3O2. The van der Waals surface area contributed by atoms with Crippen molar-refractivity contribution in [1.29, 1.82) is 5.26 Å². The Balaban J connectivity index is 1.57. The normalized spacial score (nSPS) is 10.9. The number of nitriles is 1. The summed E-state index contributed by atoms with van der Waals surface area (Å²) < 4.78 is 5.77. The van der Waals surface area contributed by atoms with E-state index in [0.29, 0.717) is 28.5 Å². The molecule has 0 saturated carbocycles. The van der Waals surface area contributed by atoms with Gasteiger partial charge in [-0.05, 0) is 73.0 Å². The van der Waals surface area contributed by atoms with Gasteiger partial charge in [-0.25, -0.2) is 5.43 Å². The Morgan fingerprint density at radius 1 is 1.07 bits per heavy atom. The van der Waals surface area contributed by atoms with Gasteiger partial charge < -0.3 is 4.74 Å². The second-order valence-corrected chi connectivity index (χ2v) is 7.13. The Bertz CT molecular complexity index is 1110. The molecule has 0 aliphatic carbocycles. The molecule has 3 rings (SSSR count). The van der Waals surface area contributed by atoms with E-state index in [2.05, 4.69) is 16.6 Å². The molecule has 0 heterocycles. The van der Waals surface area contributed by atoms with Crippen molar-refractivity contribution in [3.8, 4) is 11.8 Å². The average molecular weight is 418 g/mol. The Labute approximate surface area is 180 Å². The first-order valence-corrected chi connectivity index (χ1v) is 9.67. The summed E-state index contributed by atoms with van der Waals surface area (Å²) in [5.74, 6) is 0.440. The molecule has 0 spiro atoms. The van der Waals surface area contributed by atoms with Crippen LogP contribution in [0.2, 0.25) is 5.02 Å². The summed E-state index contributed by atoms with van der Waals surface area (Å²) in [6, 6.07) is 21.7. The summed E-state index contributed by atoms with van der Waals surface area (Å²) in [5.41, 5.74) is 7.01. The molecule has 150 valence electrons. The van der Waals surface area contributed by atoms with E-state index < -0.39 is 0 Å². The molecule has 0 atom stereocenters. The number of aryl methyl sites for hydroxylation is 1. The Kier molecular flexibility index (Phi) is 6.84. The van der Waals surface area contributed by atoms with Gasteiger partial charge in [0.2, 0.25) is 0 Å². The lowest BCUT2D eigenvalue weighted by molar-refractivity contribution is 0.0955. The first kappa shape index (κ1) is 21.1. The highest BCUT2D eigenvalue weighted by atomic mass is 35.5. The largest absolute Gasteiger partial charge is 0.489 e. The van der Waals surface area contributed by atoms with Gasteiger partial charge in [0, 0.05) is 10.6 Å². The van der Waals surface area contributed by atoms with Crippen LogP contribution in [0.5, 0.6) is 5.75 Å². The predicted molar refractivity (Wildman–Crippen MR) is 118 cm³/mol. The molecule has 0 radical (unpaired) electrons. The second kappa shape index (κ2) is 9.73. The molecule has 0 aliphatic heterocycles. The molecule has 1 amide bonds. The second-order valence-electron chi connectivity index (χ2n) is 6.72. The highest BCUT2D eigenvalue weighted by Gasteiger charge is 2.06. The minimum Gasteiger partial charge on any atom is -0.489 e. The fraction of sp³-hybridized carbons (Fsp3) is 0.125. The van der Waals surface area contributed by atoms with E-state index in [1.807, 2.05) is 31.2 Å². The van der Waals surface area contributed by atoms with Crippen molar-refractivity contribution in [2.24, 2.45) is 5.10 Å². The highest BCUT2D eigenvalue weighted by Crippen LogP contribution is 2.22. The number of hydrazone groups is 1. The van der Waals surface area contributed by atoms with Crippen molar-refractivity contribution in [2.75, 3.05) is 0 Å². The van der Waals surface area contributed by atoms with Crippen molar-refractivity contribution >= 4 is 23.2 Å². The number of amides is 1. The fourth-order valence-electron chi connectivity index (χ4n) is 2.68. The summed E-state index contributed by atoms with van der Waals surface area (Å²) in [7, 11) is 0. The van der Waals surface area contributed by atoms with Crippen LogP contribution in [0.15, 0.2) is 71.8 Å². The van der Waals surface area contributed by atoms with Gasteiger partial charge in [-0.2, -0.15) is 10.4 Å². The van der Waals surface area contributed by atoms with Gasteiger partial charge in [-0.15, -0.1) is 0 Å². The first-order chi connectivity index (χ1) is 14.5. The van der Waals surface area contributed by atoms with Crippen LogP contribution < -0.4 is 10.2 Å². The van der Waals surface area contributed by atoms with E-state index in [-0.39, 0.29) is 5.91 Å². The number of nitrogens with zero attached hydrogens (tertiary/aromatic N) is 2. The monoisotopic (exact) mass is 417 g/mol. The highest BCUT2D eigenvalue weighted by molar-refractivity contribution is 6.31. The number of halogens is 1. The van der Waals surface area contributed by atoms with Crippen LogP contribution in [0.4, 0.5) is 0 Å². The average Bonchev–Trinajstić information content (AvgIpc) is 2.78. The molecule has 0 fully saturated rings. The van der Waals surface area contributed by atoms with Gasteiger partial charge in [-0.3, -0.25) is 4.79 Å². The predicted octanol–water partition coefficient (Wildman–Crippen LogP) is 5.25. The van der Waals surface area contributed by atoms with E-state index in [9.17, 15) is 4.79 Å². The Hall–Kier alpha value is -3.62. The van der Waals surface area contributed by atoms with Crippen LogP contribution in [0.3, 0.4) is 0 Å². The zero-order valence-corrected chi connectivity index (χ0v) is 17.4. The molecule has 0 unspecified atom stereocenters. The third-order valence-corrected chi connectivity index (χ3v) is 4.93. The molecule has 6 heteroatoms. The molecule has 0 aliphatic rings.